The van der Waals surface area contributed by atoms with Gasteiger partial charge in [0.25, 0.3) is 0 Å². The molecule has 0 nitrogen and oxygen atoms in total. The Morgan fingerprint density at radius 3 is 1.38 bits per heavy atom. The molecule has 0 heterocycles. The van der Waals surface area contributed by atoms with Gasteiger partial charge < -0.3 is 0 Å². The molecule has 0 radical (unpaired) electrons. The fraction of sp³-hybridized carbons (Fsp3) is 0.0435. The van der Waals surface area contributed by atoms with Crippen molar-refractivity contribution < 1.29 is 48.3 Å². The van der Waals surface area contributed by atoms with Crippen LogP contribution in [-0.2, 0) is 0 Å². The minimum Gasteiger partial charge on any atom is -0.207 e. The summed E-state index contributed by atoms with van der Waals surface area (Å²) in [5, 5.41) is -1.29. The van der Waals surface area contributed by atoms with Crippen LogP contribution in [0.3, 0.4) is 0 Å². The predicted octanol–water partition coefficient (Wildman–Crippen LogP) is 7.53. The van der Waals surface area contributed by atoms with Crippen LogP contribution in [0.2, 0.25) is 0 Å². The summed E-state index contributed by atoms with van der Waals surface area (Å²) in [7, 11) is 0. The van der Waals surface area contributed by atoms with Crippen LogP contribution in [0.5, 0.6) is 0 Å². The van der Waals surface area contributed by atoms with Crippen LogP contribution in [0.1, 0.15) is 22.6 Å². The highest BCUT2D eigenvalue weighted by Gasteiger charge is 2.45. The summed E-state index contributed by atoms with van der Waals surface area (Å²) in [4.78, 5) is 0. The predicted molar refractivity (Wildman–Crippen MR) is 96.3 cm³/mol. The summed E-state index contributed by atoms with van der Waals surface area (Å²) in [6.45, 7) is 0. The molecule has 4 aromatic rings. The molecule has 0 saturated heterocycles. The van der Waals surface area contributed by atoms with Crippen LogP contribution in [0, 0.1) is 64.0 Å². The highest BCUT2D eigenvalue weighted by molar-refractivity contribution is 5.87. The molecule has 0 fully saturated rings. The lowest BCUT2D eigenvalue weighted by atomic mass is 9.87. The molecule has 0 aromatic heterocycles. The molecule has 0 aliphatic heterocycles. The SMILES string of the molecule is Fc1cc(F)c2c(F)cc(C3c4c(F)c(F)c(F)c(F)c4-c4c(F)c(F)c(F)c(F)c43)cc2c1. The molecule has 11 heteroatoms. The van der Waals surface area contributed by atoms with Crippen molar-refractivity contribution in [2.45, 2.75) is 5.92 Å². The topological polar surface area (TPSA) is 0 Å². The molecule has 174 valence electrons. The van der Waals surface area contributed by atoms with E-state index in [2.05, 4.69) is 0 Å². The van der Waals surface area contributed by atoms with Gasteiger partial charge in [-0.1, -0.05) is 0 Å². The Morgan fingerprint density at radius 1 is 0.441 bits per heavy atom. The summed E-state index contributed by atoms with van der Waals surface area (Å²) >= 11 is 0. The van der Waals surface area contributed by atoms with Gasteiger partial charge in [-0.3, -0.25) is 0 Å². The van der Waals surface area contributed by atoms with Crippen LogP contribution in [0.15, 0.2) is 24.3 Å². The molecule has 0 N–H and O–H groups in total. The van der Waals surface area contributed by atoms with E-state index in [4.69, 9.17) is 0 Å². The van der Waals surface area contributed by atoms with Gasteiger partial charge in [0.05, 0.1) is 5.39 Å². The van der Waals surface area contributed by atoms with Crippen LogP contribution < -0.4 is 0 Å². The molecule has 4 aromatic carbocycles. The Bertz CT molecular complexity index is 1500. The molecular formula is C23H5F11. The van der Waals surface area contributed by atoms with Gasteiger partial charge in [-0.2, -0.15) is 0 Å². The van der Waals surface area contributed by atoms with E-state index in [1.807, 2.05) is 0 Å². The fourth-order valence-electron chi connectivity index (χ4n) is 4.37. The second kappa shape index (κ2) is 7.18. The molecule has 0 amide bonds. The molecular weight excluding hydrogens is 485 g/mol. The van der Waals surface area contributed by atoms with E-state index >= 15 is 0 Å². The molecule has 0 saturated carbocycles. The summed E-state index contributed by atoms with van der Waals surface area (Å²) in [6, 6.07) is 2.15. The number of fused-ring (bicyclic) bond motifs is 4. The molecule has 0 spiro atoms. The third-order valence-electron chi connectivity index (χ3n) is 5.71. The van der Waals surface area contributed by atoms with Crippen molar-refractivity contribution in [1.29, 1.82) is 0 Å². The van der Waals surface area contributed by atoms with Gasteiger partial charge in [-0.15, -0.1) is 0 Å². The van der Waals surface area contributed by atoms with E-state index < -0.39 is 108 Å². The Hall–Kier alpha value is -3.63. The zero-order valence-corrected chi connectivity index (χ0v) is 16.0. The number of halogens is 11. The van der Waals surface area contributed by atoms with Crippen LogP contribution in [-0.4, -0.2) is 0 Å². The van der Waals surface area contributed by atoms with E-state index in [1.54, 1.807) is 0 Å². The first kappa shape index (κ1) is 22.2. The maximum atomic E-state index is 14.8. The monoisotopic (exact) mass is 490 g/mol. The van der Waals surface area contributed by atoms with Crippen molar-refractivity contribution in [3.05, 3.63) is 105 Å². The number of hydrogen-bond donors (Lipinski definition) is 0. The summed E-state index contributed by atoms with van der Waals surface area (Å²) in [6.07, 6.45) is 0. The van der Waals surface area contributed by atoms with Gasteiger partial charge in [0.1, 0.15) is 17.5 Å². The van der Waals surface area contributed by atoms with Crippen molar-refractivity contribution >= 4 is 10.8 Å². The maximum Gasteiger partial charge on any atom is 0.198 e. The first-order chi connectivity index (χ1) is 16.0. The largest absolute Gasteiger partial charge is 0.207 e. The van der Waals surface area contributed by atoms with Crippen molar-refractivity contribution in [1.82, 2.24) is 0 Å². The lowest BCUT2D eigenvalue weighted by Crippen LogP contribution is -2.09. The van der Waals surface area contributed by atoms with Crippen molar-refractivity contribution in [2.24, 2.45) is 0 Å². The van der Waals surface area contributed by atoms with Crippen LogP contribution in [0.4, 0.5) is 48.3 Å². The van der Waals surface area contributed by atoms with E-state index in [1.165, 1.54) is 0 Å². The van der Waals surface area contributed by atoms with Gasteiger partial charge in [0.2, 0.25) is 0 Å². The van der Waals surface area contributed by atoms with Gasteiger partial charge in [0.15, 0.2) is 46.5 Å². The third-order valence-corrected chi connectivity index (χ3v) is 5.71. The molecule has 1 aliphatic rings. The molecule has 0 atom stereocenters. The molecule has 5 rings (SSSR count). The van der Waals surface area contributed by atoms with Crippen LogP contribution >= 0.6 is 0 Å². The second-order valence-electron chi connectivity index (χ2n) is 7.51. The lowest BCUT2D eigenvalue weighted by Gasteiger charge is -2.18. The van der Waals surface area contributed by atoms with Crippen molar-refractivity contribution in [3.8, 4) is 11.1 Å². The highest BCUT2D eigenvalue weighted by Crippen LogP contribution is 2.54. The summed E-state index contributed by atoms with van der Waals surface area (Å²) < 4.78 is 157. The Kier molecular flexibility index (Phi) is 4.68. The zero-order valence-electron chi connectivity index (χ0n) is 16.0. The maximum absolute atomic E-state index is 14.8. The minimum absolute atomic E-state index is 0.339. The molecule has 0 unspecified atom stereocenters. The first-order valence-corrected chi connectivity index (χ1v) is 9.25. The van der Waals surface area contributed by atoms with Crippen molar-refractivity contribution in [3.63, 3.8) is 0 Å². The number of rotatable bonds is 1. The average Bonchev–Trinajstić information content (AvgIpc) is 3.14. The lowest BCUT2D eigenvalue weighted by molar-refractivity contribution is 0.406. The fourth-order valence-corrected chi connectivity index (χ4v) is 4.37. The standard InChI is InChI=1S/C23H5F11/c24-7-2-5-1-6(3-8(25)10(5)9(26)4-7)11-12-14(18(29)22(33)20(31)16(12)27)15-13(11)17(28)21(32)23(34)19(15)30/h1-4,11H. The normalized spacial score (nSPS) is 13.0. The van der Waals surface area contributed by atoms with Crippen LogP contribution in [0.25, 0.3) is 21.9 Å². The van der Waals surface area contributed by atoms with Crippen molar-refractivity contribution in [2.75, 3.05) is 0 Å². The Labute approximate surface area is 181 Å². The van der Waals surface area contributed by atoms with Gasteiger partial charge in [-0.25, -0.2) is 48.3 Å². The summed E-state index contributed by atoms with van der Waals surface area (Å²) in [5.41, 5.74) is -6.13. The summed E-state index contributed by atoms with van der Waals surface area (Å²) in [5.74, 6) is -24.7. The van der Waals surface area contributed by atoms with Gasteiger partial charge in [0, 0.05) is 34.2 Å². The quantitative estimate of drug-likeness (QED) is 0.130. The molecule has 0 bridgehead atoms. The Morgan fingerprint density at radius 2 is 0.882 bits per heavy atom. The average molecular weight is 490 g/mol. The van der Waals surface area contributed by atoms with E-state index in [0.29, 0.717) is 18.2 Å². The molecule has 1 aliphatic carbocycles. The van der Waals surface area contributed by atoms with Gasteiger partial charge >= 0.3 is 0 Å². The smallest absolute Gasteiger partial charge is 0.198 e. The number of benzene rings is 4. The molecule has 34 heavy (non-hydrogen) atoms. The van der Waals surface area contributed by atoms with E-state index in [0.717, 1.165) is 6.07 Å². The van der Waals surface area contributed by atoms with E-state index in [9.17, 15) is 48.3 Å². The minimum atomic E-state index is -2.44. The highest BCUT2D eigenvalue weighted by atomic mass is 19.2. The number of hydrogen-bond acceptors (Lipinski definition) is 0. The Balaban J connectivity index is 1.97. The zero-order chi connectivity index (χ0) is 24.8. The van der Waals surface area contributed by atoms with Gasteiger partial charge in [-0.05, 0) is 29.1 Å². The third kappa shape index (κ3) is 2.72. The first-order valence-electron chi connectivity index (χ1n) is 9.25. The van der Waals surface area contributed by atoms with E-state index in [-0.39, 0.29) is 0 Å². The second-order valence-corrected chi connectivity index (χ2v) is 7.51.